The summed E-state index contributed by atoms with van der Waals surface area (Å²) in [6.45, 7) is 0. The molecule has 0 aromatic rings. The molecule has 2 nitrogen and oxygen atoms in total. The lowest BCUT2D eigenvalue weighted by Crippen LogP contribution is -2.44. The number of sulfone groups is 1. The molecule has 0 bridgehead atoms. The molecule has 2 aliphatic carbocycles. The first-order valence-corrected chi connectivity index (χ1v) is 7.75. The minimum Gasteiger partial charge on any atom is -0.229 e. The van der Waals surface area contributed by atoms with E-state index >= 15 is 0 Å². The van der Waals surface area contributed by atoms with Gasteiger partial charge in [0.25, 0.3) is 0 Å². The molecule has 1 aliphatic heterocycles. The molecule has 0 amide bonds. The van der Waals surface area contributed by atoms with E-state index in [2.05, 4.69) is 12.2 Å². The summed E-state index contributed by atoms with van der Waals surface area (Å²) in [4.78, 5) is 0. The van der Waals surface area contributed by atoms with Gasteiger partial charge in [0, 0.05) is 0 Å². The number of hydrogen-bond donors (Lipinski definition) is 0. The first kappa shape index (κ1) is 9.88. The van der Waals surface area contributed by atoms with Crippen LogP contribution in [0.15, 0.2) is 12.2 Å². The molecular formula is C12H18O2S. The van der Waals surface area contributed by atoms with Gasteiger partial charge in [0.2, 0.25) is 0 Å². The predicted octanol–water partition coefficient (Wildman–Crippen LogP) is 2.31. The fraction of sp³-hybridized carbons (Fsp3) is 0.833. The molecule has 1 heterocycles. The van der Waals surface area contributed by atoms with Gasteiger partial charge in [-0.15, -0.1) is 0 Å². The first-order chi connectivity index (χ1) is 7.08. The van der Waals surface area contributed by atoms with Crippen LogP contribution in [-0.4, -0.2) is 19.9 Å². The molecule has 3 rings (SSSR count). The van der Waals surface area contributed by atoms with Crippen molar-refractivity contribution in [1.82, 2.24) is 0 Å². The van der Waals surface area contributed by atoms with Crippen LogP contribution in [0.4, 0.5) is 0 Å². The van der Waals surface area contributed by atoms with Gasteiger partial charge < -0.3 is 0 Å². The van der Waals surface area contributed by atoms with Crippen LogP contribution in [-0.2, 0) is 9.84 Å². The van der Waals surface area contributed by atoms with Crippen molar-refractivity contribution < 1.29 is 8.42 Å². The molecular weight excluding hydrogens is 208 g/mol. The average Bonchev–Trinajstić information content (AvgIpc) is 2.42. The number of allylic oxidation sites excluding steroid dienone is 2. The Morgan fingerprint density at radius 2 is 1.33 bits per heavy atom. The van der Waals surface area contributed by atoms with E-state index in [0.717, 1.165) is 25.7 Å². The predicted molar refractivity (Wildman–Crippen MR) is 60.4 cm³/mol. The third-order valence-electron chi connectivity index (χ3n) is 4.86. The van der Waals surface area contributed by atoms with Crippen molar-refractivity contribution in [3.63, 3.8) is 0 Å². The van der Waals surface area contributed by atoms with E-state index in [4.69, 9.17) is 0 Å². The van der Waals surface area contributed by atoms with Gasteiger partial charge in [-0.2, -0.15) is 0 Å². The van der Waals surface area contributed by atoms with Gasteiger partial charge in [-0.05, 0) is 36.5 Å². The van der Waals surface area contributed by atoms with E-state index in [0.29, 0.717) is 11.5 Å². The van der Waals surface area contributed by atoms with Crippen LogP contribution in [0.2, 0.25) is 0 Å². The van der Waals surface area contributed by atoms with Crippen LogP contribution >= 0.6 is 0 Å². The highest BCUT2D eigenvalue weighted by Gasteiger charge is 2.60. The van der Waals surface area contributed by atoms with Crippen LogP contribution in [0.1, 0.15) is 38.5 Å². The van der Waals surface area contributed by atoms with Gasteiger partial charge in [0.05, 0.1) is 11.5 Å². The largest absolute Gasteiger partial charge is 0.229 e. The van der Waals surface area contributed by atoms with Gasteiger partial charge in [-0.1, -0.05) is 25.0 Å². The van der Waals surface area contributed by atoms with E-state index in [1.165, 1.54) is 12.8 Å². The third-order valence-corrected chi connectivity index (χ3v) is 6.85. The summed E-state index contributed by atoms with van der Waals surface area (Å²) in [5, 5.41) is 0. The topological polar surface area (TPSA) is 34.1 Å². The summed E-state index contributed by atoms with van der Waals surface area (Å²) in [6.07, 6.45) is 11.2. The van der Waals surface area contributed by atoms with Crippen LogP contribution in [0, 0.1) is 10.8 Å². The zero-order valence-electron chi connectivity index (χ0n) is 9.04. The SMILES string of the molecule is O=S1(=O)C[C@]23CC=CC[C@@]2(CCCC3)C1. The Bertz CT molecular complexity index is 377. The van der Waals surface area contributed by atoms with Crippen molar-refractivity contribution in [2.24, 2.45) is 10.8 Å². The van der Waals surface area contributed by atoms with Crippen molar-refractivity contribution >= 4 is 9.84 Å². The highest BCUT2D eigenvalue weighted by molar-refractivity contribution is 7.91. The lowest BCUT2D eigenvalue weighted by Gasteiger charge is -2.50. The van der Waals surface area contributed by atoms with E-state index in [9.17, 15) is 8.42 Å². The molecule has 15 heavy (non-hydrogen) atoms. The standard InChI is InChI=1S/C12H18O2S/c13-15(14)9-11-5-1-2-6-12(11,10-15)8-4-3-7-11/h1-2H,3-10H2/t11-,12-/m1/s1. The Kier molecular flexibility index (Phi) is 1.89. The molecule has 0 aromatic heterocycles. The van der Waals surface area contributed by atoms with Crippen molar-refractivity contribution in [1.29, 1.82) is 0 Å². The fourth-order valence-corrected chi connectivity index (χ4v) is 7.10. The minimum atomic E-state index is -2.77. The summed E-state index contributed by atoms with van der Waals surface area (Å²) in [6, 6.07) is 0. The maximum absolute atomic E-state index is 11.9. The Morgan fingerprint density at radius 3 is 1.80 bits per heavy atom. The van der Waals surface area contributed by atoms with Crippen molar-refractivity contribution in [3.8, 4) is 0 Å². The van der Waals surface area contributed by atoms with E-state index in [1.54, 1.807) is 0 Å². The number of hydrogen-bond acceptors (Lipinski definition) is 2. The molecule has 0 unspecified atom stereocenters. The maximum Gasteiger partial charge on any atom is 0.151 e. The third kappa shape index (κ3) is 1.25. The summed E-state index contributed by atoms with van der Waals surface area (Å²) in [5.74, 6) is 0.925. The van der Waals surface area contributed by atoms with E-state index in [1.807, 2.05) is 0 Å². The first-order valence-electron chi connectivity index (χ1n) is 5.93. The summed E-state index contributed by atoms with van der Waals surface area (Å²) in [5.41, 5.74) is 0.248. The van der Waals surface area contributed by atoms with Gasteiger partial charge >= 0.3 is 0 Å². The lowest BCUT2D eigenvalue weighted by atomic mass is 9.53. The quantitative estimate of drug-likeness (QED) is 0.594. The monoisotopic (exact) mass is 226 g/mol. The van der Waals surface area contributed by atoms with E-state index < -0.39 is 9.84 Å². The molecule has 0 radical (unpaired) electrons. The van der Waals surface area contributed by atoms with Gasteiger partial charge in [-0.25, -0.2) is 8.42 Å². The molecule has 84 valence electrons. The zero-order valence-corrected chi connectivity index (χ0v) is 9.85. The highest BCUT2D eigenvalue weighted by atomic mass is 32.2. The molecule has 0 N–H and O–H groups in total. The molecule has 1 saturated heterocycles. The van der Waals surface area contributed by atoms with Crippen molar-refractivity contribution in [2.45, 2.75) is 38.5 Å². The molecule has 0 spiro atoms. The van der Waals surface area contributed by atoms with E-state index in [-0.39, 0.29) is 10.8 Å². The van der Waals surface area contributed by atoms with Crippen LogP contribution in [0.5, 0.6) is 0 Å². The lowest BCUT2D eigenvalue weighted by molar-refractivity contribution is 0.0342. The Morgan fingerprint density at radius 1 is 0.867 bits per heavy atom. The average molecular weight is 226 g/mol. The van der Waals surface area contributed by atoms with Gasteiger partial charge in [-0.3, -0.25) is 0 Å². The molecule has 3 aliphatic rings. The zero-order chi connectivity index (χ0) is 10.6. The molecule has 0 aromatic carbocycles. The van der Waals surface area contributed by atoms with Crippen LogP contribution < -0.4 is 0 Å². The molecule has 2 atom stereocenters. The second-order valence-electron chi connectivity index (χ2n) is 5.68. The minimum absolute atomic E-state index is 0.124. The van der Waals surface area contributed by atoms with Crippen molar-refractivity contribution in [3.05, 3.63) is 12.2 Å². The van der Waals surface area contributed by atoms with Gasteiger partial charge in [0.15, 0.2) is 9.84 Å². The summed E-state index contributed by atoms with van der Waals surface area (Å²) >= 11 is 0. The Labute approximate surface area is 91.7 Å². The van der Waals surface area contributed by atoms with Crippen LogP contribution in [0.3, 0.4) is 0 Å². The molecule has 3 heteroatoms. The summed E-state index contributed by atoms with van der Waals surface area (Å²) in [7, 11) is -2.77. The van der Waals surface area contributed by atoms with Crippen molar-refractivity contribution in [2.75, 3.05) is 11.5 Å². The van der Waals surface area contributed by atoms with Crippen LogP contribution in [0.25, 0.3) is 0 Å². The number of rotatable bonds is 0. The second-order valence-corrected chi connectivity index (χ2v) is 7.74. The normalized spacial score (nSPS) is 47.2. The van der Waals surface area contributed by atoms with Gasteiger partial charge in [0.1, 0.15) is 0 Å². The highest BCUT2D eigenvalue weighted by Crippen LogP contribution is 2.62. The smallest absolute Gasteiger partial charge is 0.151 e. The Hall–Kier alpha value is -0.310. The fourth-order valence-electron chi connectivity index (χ4n) is 4.17. The molecule has 2 fully saturated rings. The molecule has 1 saturated carbocycles. The maximum atomic E-state index is 11.9. The Balaban J connectivity index is 2.11. The second kappa shape index (κ2) is 2.88. The summed E-state index contributed by atoms with van der Waals surface area (Å²) < 4.78 is 23.9.